The topological polar surface area (TPSA) is 64.7 Å². The Hall–Kier alpha value is -2.91. The highest BCUT2D eigenvalue weighted by Gasteiger charge is 2.25. The summed E-state index contributed by atoms with van der Waals surface area (Å²) in [6.07, 6.45) is 7.65. The maximum atomic E-state index is 13.4. The predicted octanol–water partition coefficient (Wildman–Crippen LogP) is 3.17. The Morgan fingerprint density at radius 3 is 2.77 bits per heavy atom. The number of benzene rings is 1. The smallest absolute Gasteiger partial charge is 0.262 e. The molecular weight excluding hydrogens is 420 g/mol. The number of rotatable bonds is 5. The highest BCUT2D eigenvalue weighted by molar-refractivity contribution is 7.18. The molecule has 31 heavy (non-hydrogen) atoms. The van der Waals surface area contributed by atoms with Crippen LogP contribution in [0.1, 0.15) is 28.0 Å². The first-order valence-electron chi connectivity index (χ1n) is 10.1. The minimum atomic E-state index is -0.569. The molecule has 0 fully saturated rings. The summed E-state index contributed by atoms with van der Waals surface area (Å²) in [4.78, 5) is 19.6. The molecule has 0 bridgehead atoms. The summed E-state index contributed by atoms with van der Waals surface area (Å²) in [5, 5.41) is 8.28. The van der Waals surface area contributed by atoms with E-state index in [1.165, 1.54) is 12.1 Å². The molecule has 1 atom stereocenters. The number of fused-ring (bicyclic) bond motifs is 3. The molecule has 6 nitrogen and oxygen atoms in total. The molecule has 0 aliphatic heterocycles. The normalized spacial score (nSPS) is 16.0. The van der Waals surface area contributed by atoms with E-state index in [1.807, 2.05) is 13.2 Å². The van der Waals surface area contributed by atoms with Crippen molar-refractivity contribution in [3.8, 4) is 0 Å². The van der Waals surface area contributed by atoms with E-state index in [9.17, 15) is 13.6 Å². The molecule has 3 aromatic heterocycles. The number of thiophene rings is 1. The average Bonchev–Trinajstić information content (AvgIpc) is 3.30. The Kier molecular flexibility index (Phi) is 5.15. The molecule has 5 rings (SSSR count). The molecule has 1 aromatic carbocycles. The van der Waals surface area contributed by atoms with Gasteiger partial charge < -0.3 is 5.32 Å². The number of halogens is 2. The maximum absolute atomic E-state index is 13.4. The summed E-state index contributed by atoms with van der Waals surface area (Å²) in [6.45, 7) is 0.838. The Morgan fingerprint density at radius 2 is 2.03 bits per heavy atom. The molecule has 4 aromatic rings. The monoisotopic (exact) mass is 441 g/mol. The van der Waals surface area contributed by atoms with E-state index < -0.39 is 11.6 Å². The number of nitrogens with one attached hydrogen (secondary N) is 1. The summed E-state index contributed by atoms with van der Waals surface area (Å²) in [5.74, 6) is -1.14. The van der Waals surface area contributed by atoms with Gasteiger partial charge in [-0.25, -0.2) is 13.8 Å². The zero-order valence-corrected chi connectivity index (χ0v) is 17.8. The fraction of sp³-hybridized carbons (Fsp3) is 0.318. The minimum absolute atomic E-state index is 0.0204. The van der Waals surface area contributed by atoms with Gasteiger partial charge in [-0.1, -0.05) is 0 Å². The zero-order valence-electron chi connectivity index (χ0n) is 16.9. The number of aryl methyl sites for hydroxylation is 2. The van der Waals surface area contributed by atoms with Crippen LogP contribution in [0.25, 0.3) is 10.2 Å². The molecule has 0 radical (unpaired) electrons. The van der Waals surface area contributed by atoms with E-state index in [2.05, 4.69) is 15.4 Å². The molecule has 9 heteroatoms. The van der Waals surface area contributed by atoms with Crippen molar-refractivity contribution in [2.75, 3.05) is 0 Å². The van der Waals surface area contributed by atoms with Crippen molar-refractivity contribution in [1.82, 2.24) is 24.6 Å². The second kappa shape index (κ2) is 7.97. The van der Waals surface area contributed by atoms with Crippen molar-refractivity contribution in [3.05, 3.63) is 80.5 Å². The maximum Gasteiger partial charge on any atom is 0.262 e. The summed E-state index contributed by atoms with van der Waals surface area (Å²) in [6, 6.07) is 3.75. The van der Waals surface area contributed by atoms with Crippen molar-refractivity contribution >= 4 is 21.6 Å². The van der Waals surface area contributed by atoms with Crippen LogP contribution >= 0.6 is 11.3 Å². The average molecular weight is 442 g/mol. The SMILES string of the molecule is Cn1cc(Cn2cnc3sc4c(c3c2=O)CC[C@H](NCc2cc(F)cc(F)c2)C4)cn1. The fourth-order valence-electron chi connectivity index (χ4n) is 4.21. The van der Waals surface area contributed by atoms with Gasteiger partial charge in [-0.15, -0.1) is 11.3 Å². The molecule has 1 aliphatic rings. The van der Waals surface area contributed by atoms with E-state index in [-0.39, 0.29) is 11.6 Å². The van der Waals surface area contributed by atoms with E-state index >= 15 is 0 Å². The first kappa shape index (κ1) is 20.0. The first-order valence-corrected chi connectivity index (χ1v) is 10.9. The van der Waals surface area contributed by atoms with Crippen LogP contribution in [-0.4, -0.2) is 25.4 Å². The Morgan fingerprint density at radius 1 is 1.23 bits per heavy atom. The van der Waals surface area contributed by atoms with E-state index in [0.29, 0.717) is 18.7 Å². The third-order valence-corrected chi connectivity index (χ3v) is 6.83. The van der Waals surface area contributed by atoms with Crippen molar-refractivity contribution < 1.29 is 8.78 Å². The lowest BCUT2D eigenvalue weighted by atomic mass is 9.93. The predicted molar refractivity (Wildman–Crippen MR) is 115 cm³/mol. The highest BCUT2D eigenvalue weighted by atomic mass is 32.1. The lowest BCUT2D eigenvalue weighted by Gasteiger charge is -2.23. The molecule has 0 amide bonds. The Bertz CT molecular complexity index is 1310. The number of aromatic nitrogens is 4. The van der Waals surface area contributed by atoms with Crippen LogP contribution in [0.3, 0.4) is 0 Å². The van der Waals surface area contributed by atoms with Crippen molar-refractivity contribution in [1.29, 1.82) is 0 Å². The van der Waals surface area contributed by atoms with E-state index in [0.717, 1.165) is 51.5 Å². The number of nitrogens with zero attached hydrogens (tertiary/aromatic N) is 4. The van der Waals surface area contributed by atoms with Gasteiger partial charge >= 0.3 is 0 Å². The van der Waals surface area contributed by atoms with E-state index in [4.69, 9.17) is 0 Å². The van der Waals surface area contributed by atoms with Crippen LogP contribution < -0.4 is 10.9 Å². The fourth-order valence-corrected chi connectivity index (χ4v) is 5.47. The third kappa shape index (κ3) is 4.03. The molecular formula is C22H21F2N5OS. The molecule has 1 aliphatic carbocycles. The lowest BCUT2D eigenvalue weighted by Crippen LogP contribution is -2.34. The Labute approximate surface area is 181 Å². The summed E-state index contributed by atoms with van der Waals surface area (Å²) >= 11 is 1.56. The first-order chi connectivity index (χ1) is 15.0. The molecule has 160 valence electrons. The van der Waals surface area contributed by atoms with Gasteiger partial charge in [0.05, 0.1) is 24.5 Å². The van der Waals surface area contributed by atoms with E-state index in [1.54, 1.807) is 33.1 Å². The second-order valence-corrected chi connectivity index (χ2v) is 9.07. The Balaban J connectivity index is 1.35. The molecule has 0 unspecified atom stereocenters. The zero-order chi connectivity index (χ0) is 21.5. The minimum Gasteiger partial charge on any atom is -0.310 e. The summed E-state index contributed by atoms with van der Waals surface area (Å²) < 4.78 is 30.2. The quantitative estimate of drug-likeness (QED) is 0.517. The number of hydrogen-bond acceptors (Lipinski definition) is 5. The van der Waals surface area contributed by atoms with Gasteiger partial charge in [0.1, 0.15) is 16.5 Å². The molecule has 0 spiro atoms. The molecule has 3 heterocycles. The van der Waals surface area contributed by atoms with Gasteiger partial charge in [0.25, 0.3) is 5.56 Å². The van der Waals surface area contributed by atoms with Crippen molar-refractivity contribution in [2.45, 2.75) is 38.4 Å². The molecule has 1 N–H and O–H groups in total. The second-order valence-electron chi connectivity index (χ2n) is 7.98. The van der Waals surface area contributed by atoms with Gasteiger partial charge in [-0.05, 0) is 42.5 Å². The molecule has 0 saturated carbocycles. The van der Waals surface area contributed by atoms with Crippen LogP contribution in [0.5, 0.6) is 0 Å². The van der Waals surface area contributed by atoms with Crippen molar-refractivity contribution in [3.63, 3.8) is 0 Å². The van der Waals surface area contributed by atoms with Crippen LogP contribution in [0.4, 0.5) is 8.78 Å². The van der Waals surface area contributed by atoms with Gasteiger partial charge in [0, 0.05) is 42.3 Å². The number of hydrogen-bond donors (Lipinski definition) is 1. The standard InChI is InChI=1S/C22H21F2N5OS/c1-28-10-14(9-27-28)11-29-12-26-21-20(22(29)30)18-3-2-17(7-19(18)31-21)25-8-13-4-15(23)6-16(24)5-13/h4-6,9-10,12,17,25H,2-3,7-8,11H2,1H3/t17-/m0/s1. The summed E-state index contributed by atoms with van der Waals surface area (Å²) in [7, 11) is 1.85. The highest BCUT2D eigenvalue weighted by Crippen LogP contribution is 2.33. The van der Waals surface area contributed by atoms with Crippen LogP contribution in [0.15, 0.2) is 41.7 Å². The lowest BCUT2D eigenvalue weighted by molar-refractivity contribution is 0.460. The van der Waals surface area contributed by atoms with Gasteiger partial charge in [-0.2, -0.15) is 5.10 Å². The van der Waals surface area contributed by atoms with Crippen molar-refractivity contribution in [2.24, 2.45) is 7.05 Å². The summed E-state index contributed by atoms with van der Waals surface area (Å²) in [5.41, 5.74) is 2.60. The van der Waals surface area contributed by atoms with Crippen LogP contribution in [-0.2, 0) is 33.0 Å². The van der Waals surface area contributed by atoms with Gasteiger partial charge in [-0.3, -0.25) is 14.0 Å². The largest absolute Gasteiger partial charge is 0.310 e. The van der Waals surface area contributed by atoms with Crippen LogP contribution in [0.2, 0.25) is 0 Å². The molecule has 0 saturated heterocycles. The van der Waals surface area contributed by atoms with Gasteiger partial charge in [0.2, 0.25) is 0 Å². The third-order valence-electron chi connectivity index (χ3n) is 5.66. The van der Waals surface area contributed by atoms with Crippen LogP contribution in [0, 0.1) is 11.6 Å². The van der Waals surface area contributed by atoms with Gasteiger partial charge in [0.15, 0.2) is 0 Å².